The van der Waals surface area contributed by atoms with E-state index in [4.69, 9.17) is 0 Å². The van der Waals surface area contributed by atoms with Crippen LogP contribution in [0.4, 0.5) is 0 Å². The third kappa shape index (κ3) is 3.25. The van der Waals surface area contributed by atoms with Crippen molar-refractivity contribution in [1.29, 1.82) is 0 Å². The number of hydrogen-bond acceptors (Lipinski definition) is 5. The van der Waals surface area contributed by atoms with Crippen LogP contribution in [0.25, 0.3) is 0 Å². The molecule has 0 aliphatic carbocycles. The van der Waals surface area contributed by atoms with Crippen LogP contribution in [0.3, 0.4) is 0 Å². The van der Waals surface area contributed by atoms with Gasteiger partial charge in [-0.25, -0.2) is 13.2 Å². The first-order valence-electron chi connectivity index (χ1n) is 6.68. The number of hydrogen-bond donors (Lipinski definition) is 1. The van der Waals surface area contributed by atoms with E-state index >= 15 is 0 Å². The van der Waals surface area contributed by atoms with Crippen LogP contribution in [0, 0.1) is 0 Å². The van der Waals surface area contributed by atoms with Crippen LogP contribution in [0.15, 0.2) is 29.2 Å². The lowest BCUT2D eigenvalue weighted by molar-refractivity contribution is 0.0125. The molecule has 6 nitrogen and oxygen atoms in total. The molecule has 0 atom stereocenters. The predicted octanol–water partition coefficient (Wildman–Crippen LogP) is 1.01. The highest BCUT2D eigenvalue weighted by atomic mass is 32.2. The molecule has 1 aliphatic heterocycles. The first-order valence-corrected chi connectivity index (χ1v) is 8.12. The van der Waals surface area contributed by atoms with Gasteiger partial charge in [0.1, 0.15) is 0 Å². The number of esters is 1. The fraction of sp³-hybridized carbons (Fsp3) is 0.500. The third-order valence-corrected chi connectivity index (χ3v) is 5.67. The van der Waals surface area contributed by atoms with Crippen molar-refractivity contribution in [2.45, 2.75) is 30.3 Å². The Morgan fingerprint density at radius 2 is 1.86 bits per heavy atom. The van der Waals surface area contributed by atoms with Gasteiger partial charge in [-0.2, -0.15) is 4.31 Å². The van der Waals surface area contributed by atoms with Crippen molar-refractivity contribution in [3.05, 3.63) is 29.8 Å². The Labute approximate surface area is 124 Å². The molecule has 7 heteroatoms. The normalized spacial score (nSPS) is 19.2. The Morgan fingerprint density at radius 1 is 1.29 bits per heavy atom. The highest BCUT2D eigenvalue weighted by Gasteiger charge is 2.35. The zero-order valence-electron chi connectivity index (χ0n) is 12.1. The molecule has 1 aromatic rings. The van der Waals surface area contributed by atoms with E-state index in [-0.39, 0.29) is 23.5 Å². The first-order chi connectivity index (χ1) is 9.78. The number of sulfonamides is 1. The number of carbonyl (C=O) groups is 1. The van der Waals surface area contributed by atoms with Gasteiger partial charge in [0.25, 0.3) is 0 Å². The number of benzene rings is 1. The minimum Gasteiger partial charge on any atom is -0.465 e. The molecule has 0 radical (unpaired) electrons. The van der Waals surface area contributed by atoms with Crippen LogP contribution in [-0.4, -0.2) is 49.6 Å². The zero-order valence-corrected chi connectivity index (χ0v) is 12.9. The van der Waals surface area contributed by atoms with E-state index < -0.39 is 21.6 Å². The molecule has 1 N–H and O–H groups in total. The van der Waals surface area contributed by atoms with Gasteiger partial charge < -0.3 is 9.84 Å². The molecule has 2 rings (SSSR count). The van der Waals surface area contributed by atoms with E-state index in [2.05, 4.69) is 4.74 Å². The molecule has 116 valence electrons. The molecule has 0 amide bonds. The summed E-state index contributed by atoms with van der Waals surface area (Å²) < 4.78 is 31.3. The average molecular weight is 313 g/mol. The molecule has 0 aromatic heterocycles. The topological polar surface area (TPSA) is 83.9 Å². The smallest absolute Gasteiger partial charge is 0.339 e. The standard InChI is InChI=1S/C14H19NO5S/c1-14(17)7-9-15(10-8-14)21(18,19)12-6-4-3-5-11(12)13(16)20-2/h3-6,17H,7-10H2,1-2H3. The van der Waals surface area contributed by atoms with Gasteiger partial charge in [-0.1, -0.05) is 12.1 Å². The van der Waals surface area contributed by atoms with Crippen molar-refractivity contribution in [3.63, 3.8) is 0 Å². The van der Waals surface area contributed by atoms with Crippen molar-refractivity contribution in [2.75, 3.05) is 20.2 Å². The van der Waals surface area contributed by atoms with E-state index in [0.29, 0.717) is 12.8 Å². The molecule has 21 heavy (non-hydrogen) atoms. The largest absolute Gasteiger partial charge is 0.465 e. The number of nitrogens with zero attached hydrogens (tertiary/aromatic N) is 1. The van der Waals surface area contributed by atoms with Crippen LogP contribution >= 0.6 is 0 Å². The monoisotopic (exact) mass is 313 g/mol. The van der Waals surface area contributed by atoms with Gasteiger partial charge in [0.2, 0.25) is 10.0 Å². The maximum atomic E-state index is 12.7. The summed E-state index contributed by atoms with van der Waals surface area (Å²) in [7, 11) is -2.56. The lowest BCUT2D eigenvalue weighted by Crippen LogP contribution is -2.45. The Kier molecular flexibility index (Phi) is 4.36. The van der Waals surface area contributed by atoms with Gasteiger partial charge in [-0.3, -0.25) is 0 Å². The number of carbonyl (C=O) groups excluding carboxylic acids is 1. The third-order valence-electron chi connectivity index (χ3n) is 3.71. The molecule has 1 fully saturated rings. The molecule has 0 unspecified atom stereocenters. The molecule has 0 spiro atoms. The van der Waals surface area contributed by atoms with Gasteiger partial charge >= 0.3 is 5.97 Å². The fourth-order valence-electron chi connectivity index (χ4n) is 2.32. The lowest BCUT2D eigenvalue weighted by Gasteiger charge is -2.35. The van der Waals surface area contributed by atoms with Gasteiger partial charge in [-0.15, -0.1) is 0 Å². The first kappa shape index (κ1) is 15.9. The number of aliphatic hydroxyl groups is 1. The Hall–Kier alpha value is -1.44. The summed E-state index contributed by atoms with van der Waals surface area (Å²) in [5.41, 5.74) is -0.814. The summed E-state index contributed by atoms with van der Waals surface area (Å²) in [6.07, 6.45) is 0.735. The van der Waals surface area contributed by atoms with E-state index in [1.54, 1.807) is 19.1 Å². The van der Waals surface area contributed by atoms with E-state index in [9.17, 15) is 18.3 Å². The molecule has 1 saturated heterocycles. The maximum Gasteiger partial charge on any atom is 0.339 e. The second-order valence-corrected chi connectivity index (χ2v) is 7.30. The summed E-state index contributed by atoms with van der Waals surface area (Å²) >= 11 is 0. The minimum absolute atomic E-state index is 0.0253. The second kappa shape index (κ2) is 5.75. The van der Waals surface area contributed by atoms with Crippen molar-refractivity contribution in [3.8, 4) is 0 Å². The maximum absolute atomic E-state index is 12.7. The van der Waals surface area contributed by atoms with Crippen LogP contribution in [0.5, 0.6) is 0 Å². The Bertz CT molecular complexity index is 629. The van der Waals surface area contributed by atoms with Crippen molar-refractivity contribution < 1.29 is 23.1 Å². The molecule has 1 heterocycles. The zero-order chi connectivity index (χ0) is 15.7. The summed E-state index contributed by atoms with van der Waals surface area (Å²) in [6.45, 7) is 2.15. The molecule has 1 aromatic carbocycles. The number of rotatable bonds is 3. The van der Waals surface area contributed by atoms with Crippen LogP contribution in [0.2, 0.25) is 0 Å². The van der Waals surface area contributed by atoms with Gasteiger partial charge in [0.15, 0.2) is 0 Å². The molecular weight excluding hydrogens is 294 g/mol. The molecule has 0 bridgehead atoms. The van der Waals surface area contributed by atoms with Crippen LogP contribution in [0.1, 0.15) is 30.1 Å². The highest BCUT2D eigenvalue weighted by Crippen LogP contribution is 2.27. The van der Waals surface area contributed by atoms with Gasteiger partial charge in [0.05, 0.1) is 23.2 Å². The van der Waals surface area contributed by atoms with E-state index in [1.807, 2.05) is 0 Å². The summed E-state index contributed by atoms with van der Waals surface area (Å²) in [5.74, 6) is -0.682. The average Bonchev–Trinajstić information content (AvgIpc) is 2.46. The van der Waals surface area contributed by atoms with E-state index in [1.165, 1.54) is 23.5 Å². The lowest BCUT2D eigenvalue weighted by atomic mass is 9.95. The predicted molar refractivity (Wildman–Crippen MR) is 76.4 cm³/mol. The van der Waals surface area contributed by atoms with Crippen molar-refractivity contribution in [1.82, 2.24) is 4.31 Å². The SMILES string of the molecule is COC(=O)c1ccccc1S(=O)(=O)N1CCC(C)(O)CC1. The van der Waals surface area contributed by atoms with Gasteiger partial charge in [-0.05, 0) is 31.9 Å². The molecular formula is C14H19NO5S. The quantitative estimate of drug-likeness (QED) is 0.842. The Morgan fingerprint density at radius 3 is 2.43 bits per heavy atom. The van der Waals surface area contributed by atoms with Crippen LogP contribution in [-0.2, 0) is 14.8 Å². The number of piperidine rings is 1. The molecule has 1 aliphatic rings. The Balaban J connectivity index is 2.35. The van der Waals surface area contributed by atoms with Crippen LogP contribution < -0.4 is 0 Å². The summed E-state index contributed by atoms with van der Waals surface area (Å²) in [6, 6.07) is 5.98. The van der Waals surface area contributed by atoms with Crippen molar-refractivity contribution in [2.24, 2.45) is 0 Å². The number of methoxy groups -OCH3 is 1. The van der Waals surface area contributed by atoms with Gasteiger partial charge in [0, 0.05) is 13.1 Å². The van der Waals surface area contributed by atoms with Crippen molar-refractivity contribution >= 4 is 16.0 Å². The summed E-state index contributed by atoms with van der Waals surface area (Å²) in [4.78, 5) is 11.7. The molecule has 0 saturated carbocycles. The highest BCUT2D eigenvalue weighted by molar-refractivity contribution is 7.89. The minimum atomic E-state index is -3.78. The summed E-state index contributed by atoms with van der Waals surface area (Å²) in [5, 5.41) is 9.91. The number of ether oxygens (including phenoxy) is 1. The second-order valence-electron chi connectivity index (χ2n) is 5.39. The fourth-order valence-corrected chi connectivity index (χ4v) is 3.94. The van der Waals surface area contributed by atoms with E-state index in [0.717, 1.165) is 0 Å².